The minimum absolute atomic E-state index is 0. The van der Waals surface area contributed by atoms with Gasteiger partial charge in [0.25, 0.3) is 0 Å². The van der Waals surface area contributed by atoms with E-state index in [0.29, 0.717) is 6.04 Å². The van der Waals surface area contributed by atoms with E-state index in [1.165, 1.54) is 11.3 Å². The van der Waals surface area contributed by atoms with Crippen LogP contribution in [-0.4, -0.2) is 50.1 Å². The van der Waals surface area contributed by atoms with Crippen LogP contribution in [0.2, 0.25) is 0 Å². The number of anilines is 1. The molecule has 1 aromatic rings. The summed E-state index contributed by atoms with van der Waals surface area (Å²) in [5.41, 5.74) is 2.71. The Hall–Kier alpha value is -0.820. The highest BCUT2D eigenvalue weighted by Gasteiger charge is 2.22. The molecule has 0 amide bonds. The van der Waals surface area contributed by atoms with Gasteiger partial charge in [0.1, 0.15) is 0 Å². The van der Waals surface area contributed by atoms with E-state index in [1.807, 2.05) is 7.05 Å². The Kier molecular flexibility index (Phi) is 8.17. The predicted octanol–water partition coefficient (Wildman–Crippen LogP) is 2.97. The summed E-state index contributed by atoms with van der Waals surface area (Å²) >= 11 is 0. The van der Waals surface area contributed by atoms with Gasteiger partial charge in [-0.05, 0) is 38.1 Å². The molecule has 0 fully saturated rings. The van der Waals surface area contributed by atoms with Crippen molar-refractivity contribution in [3.63, 3.8) is 0 Å². The number of hydrogen-bond donors (Lipinski definition) is 1. The van der Waals surface area contributed by atoms with E-state index in [1.54, 1.807) is 0 Å². The predicted molar refractivity (Wildman–Crippen MR) is 107 cm³/mol. The summed E-state index contributed by atoms with van der Waals surface area (Å²) < 4.78 is 0. The highest BCUT2D eigenvalue weighted by atomic mass is 127. The first-order valence-electron chi connectivity index (χ1n) is 8.01. The van der Waals surface area contributed by atoms with Gasteiger partial charge in [-0.2, -0.15) is 0 Å². The molecule has 0 aromatic heterocycles. The molecule has 1 heterocycles. The highest BCUT2D eigenvalue weighted by molar-refractivity contribution is 14.0. The molecule has 1 aliphatic rings. The minimum atomic E-state index is 0. The Bertz CT molecular complexity index is 485. The average Bonchev–Trinajstić information content (AvgIpc) is 2.93. The first-order chi connectivity index (χ1) is 10.2. The van der Waals surface area contributed by atoms with Crippen molar-refractivity contribution in [2.24, 2.45) is 4.99 Å². The lowest BCUT2D eigenvalue weighted by Gasteiger charge is -2.29. The Labute approximate surface area is 152 Å². The lowest BCUT2D eigenvalue weighted by Crippen LogP contribution is -2.47. The SMILES string of the molecule is CCN(CC)C(C)CNC(=NC)N1CCc2ccccc21.I. The fourth-order valence-electron chi connectivity index (χ4n) is 3.07. The molecule has 1 aliphatic heterocycles. The van der Waals surface area contributed by atoms with Crippen LogP contribution in [0, 0.1) is 0 Å². The third kappa shape index (κ3) is 4.35. The quantitative estimate of drug-likeness (QED) is 0.455. The second kappa shape index (κ2) is 9.35. The summed E-state index contributed by atoms with van der Waals surface area (Å²) in [5, 5.41) is 3.54. The van der Waals surface area contributed by atoms with Crippen molar-refractivity contribution in [3.05, 3.63) is 29.8 Å². The fourth-order valence-corrected chi connectivity index (χ4v) is 3.07. The minimum Gasteiger partial charge on any atom is -0.354 e. The van der Waals surface area contributed by atoms with Gasteiger partial charge < -0.3 is 10.2 Å². The van der Waals surface area contributed by atoms with Crippen molar-refractivity contribution in [1.29, 1.82) is 0 Å². The lowest BCUT2D eigenvalue weighted by atomic mass is 10.2. The van der Waals surface area contributed by atoms with Crippen molar-refractivity contribution in [1.82, 2.24) is 10.2 Å². The molecule has 1 unspecified atom stereocenters. The largest absolute Gasteiger partial charge is 0.354 e. The third-order valence-corrected chi connectivity index (χ3v) is 4.35. The third-order valence-electron chi connectivity index (χ3n) is 4.35. The van der Waals surface area contributed by atoms with Gasteiger partial charge in [0.2, 0.25) is 0 Å². The van der Waals surface area contributed by atoms with Crippen molar-refractivity contribution in [3.8, 4) is 0 Å². The van der Waals surface area contributed by atoms with Gasteiger partial charge in [-0.15, -0.1) is 24.0 Å². The number of hydrogen-bond acceptors (Lipinski definition) is 2. The van der Waals surface area contributed by atoms with Gasteiger partial charge in [-0.1, -0.05) is 32.0 Å². The van der Waals surface area contributed by atoms with Crippen LogP contribution in [0.25, 0.3) is 0 Å². The van der Waals surface area contributed by atoms with Crippen LogP contribution in [0.3, 0.4) is 0 Å². The van der Waals surface area contributed by atoms with Crippen LogP contribution in [-0.2, 0) is 6.42 Å². The van der Waals surface area contributed by atoms with E-state index in [0.717, 1.165) is 38.6 Å². The zero-order chi connectivity index (χ0) is 15.2. The molecule has 4 nitrogen and oxygen atoms in total. The van der Waals surface area contributed by atoms with Gasteiger partial charge in [-0.25, -0.2) is 0 Å². The molecule has 0 aliphatic carbocycles. The van der Waals surface area contributed by atoms with Crippen LogP contribution in [0.5, 0.6) is 0 Å². The molecule has 0 spiro atoms. The first-order valence-corrected chi connectivity index (χ1v) is 8.01. The molecule has 1 N–H and O–H groups in total. The molecule has 0 saturated heterocycles. The summed E-state index contributed by atoms with van der Waals surface area (Å²) in [4.78, 5) is 9.22. The van der Waals surface area contributed by atoms with Gasteiger partial charge in [0.05, 0.1) is 0 Å². The average molecular weight is 416 g/mol. The van der Waals surface area contributed by atoms with Crippen LogP contribution in [0.15, 0.2) is 29.3 Å². The van der Waals surface area contributed by atoms with Gasteiger partial charge in [0.15, 0.2) is 5.96 Å². The van der Waals surface area contributed by atoms with Crippen molar-refractivity contribution in [2.45, 2.75) is 33.2 Å². The van der Waals surface area contributed by atoms with Gasteiger partial charge in [-0.3, -0.25) is 9.89 Å². The second-order valence-electron chi connectivity index (χ2n) is 5.53. The summed E-state index contributed by atoms with van der Waals surface area (Å²) in [6, 6.07) is 9.11. The van der Waals surface area contributed by atoms with Crippen LogP contribution < -0.4 is 10.2 Å². The van der Waals surface area contributed by atoms with E-state index >= 15 is 0 Å². The van der Waals surface area contributed by atoms with E-state index in [-0.39, 0.29) is 24.0 Å². The maximum Gasteiger partial charge on any atom is 0.198 e. The zero-order valence-electron chi connectivity index (χ0n) is 14.2. The fraction of sp³-hybridized carbons (Fsp3) is 0.588. The smallest absolute Gasteiger partial charge is 0.198 e. The highest BCUT2D eigenvalue weighted by Crippen LogP contribution is 2.27. The second-order valence-corrected chi connectivity index (χ2v) is 5.53. The van der Waals surface area contributed by atoms with Gasteiger partial charge in [0, 0.05) is 31.9 Å². The number of para-hydroxylation sites is 1. The van der Waals surface area contributed by atoms with Crippen LogP contribution in [0.4, 0.5) is 5.69 Å². The Morgan fingerprint density at radius 2 is 2.00 bits per heavy atom. The van der Waals surface area contributed by atoms with Crippen molar-refractivity contribution >= 4 is 35.6 Å². The topological polar surface area (TPSA) is 30.9 Å². The summed E-state index contributed by atoms with van der Waals surface area (Å²) in [7, 11) is 1.87. The number of nitrogens with zero attached hydrogens (tertiary/aromatic N) is 3. The number of aliphatic imine (C=N–C) groups is 1. The van der Waals surface area contributed by atoms with Crippen molar-refractivity contribution in [2.75, 3.05) is 38.1 Å². The summed E-state index contributed by atoms with van der Waals surface area (Å²) in [6.45, 7) is 10.8. The molecule has 2 rings (SSSR count). The number of rotatable bonds is 5. The molecule has 124 valence electrons. The molecule has 0 radical (unpaired) electrons. The summed E-state index contributed by atoms with van der Waals surface area (Å²) in [6.07, 6.45) is 1.10. The molecule has 5 heteroatoms. The lowest BCUT2D eigenvalue weighted by molar-refractivity contribution is 0.232. The number of halogens is 1. The molecule has 1 atom stereocenters. The number of likely N-dealkylation sites (N-methyl/N-ethyl adjacent to an activating group) is 1. The van der Waals surface area contributed by atoms with E-state index < -0.39 is 0 Å². The molecular formula is C17H29IN4. The number of guanidine groups is 1. The Morgan fingerprint density at radius 1 is 1.32 bits per heavy atom. The maximum absolute atomic E-state index is 4.46. The van der Waals surface area contributed by atoms with E-state index in [2.05, 4.69) is 65.1 Å². The number of benzene rings is 1. The van der Waals surface area contributed by atoms with Gasteiger partial charge >= 0.3 is 0 Å². The monoisotopic (exact) mass is 416 g/mol. The van der Waals surface area contributed by atoms with Crippen molar-refractivity contribution < 1.29 is 0 Å². The van der Waals surface area contributed by atoms with Crippen LogP contribution in [0.1, 0.15) is 26.3 Å². The van der Waals surface area contributed by atoms with E-state index in [4.69, 9.17) is 0 Å². The molecule has 22 heavy (non-hydrogen) atoms. The molecule has 0 saturated carbocycles. The Morgan fingerprint density at radius 3 is 2.64 bits per heavy atom. The maximum atomic E-state index is 4.46. The molecule has 0 bridgehead atoms. The molecule has 1 aromatic carbocycles. The molecular weight excluding hydrogens is 387 g/mol. The van der Waals surface area contributed by atoms with Crippen LogP contribution >= 0.6 is 24.0 Å². The first kappa shape index (κ1) is 19.2. The number of nitrogens with one attached hydrogen (secondary N) is 1. The van der Waals surface area contributed by atoms with E-state index in [9.17, 15) is 0 Å². The number of fused-ring (bicyclic) bond motifs is 1. The Balaban J connectivity index is 0.00000242. The summed E-state index contributed by atoms with van der Waals surface area (Å²) in [5.74, 6) is 0.985. The standard InChI is InChI=1S/C17H28N4.HI/c1-5-20(6-2)14(3)13-19-17(18-4)21-12-11-15-9-7-8-10-16(15)21;/h7-10,14H,5-6,11-13H2,1-4H3,(H,18,19);1H. The zero-order valence-corrected chi connectivity index (χ0v) is 16.5. The normalized spacial score (nSPS) is 15.5.